The molecule has 1 fully saturated rings. The number of aromatic carboxylic acids is 1. The third-order valence-electron chi connectivity index (χ3n) is 3.59. The van der Waals surface area contributed by atoms with Gasteiger partial charge in [0.25, 0.3) is 0 Å². The van der Waals surface area contributed by atoms with E-state index in [1.54, 1.807) is 18.3 Å². The lowest BCUT2D eigenvalue weighted by atomic mass is 10.1. The highest BCUT2D eigenvalue weighted by Gasteiger charge is 2.24. The third-order valence-corrected chi connectivity index (χ3v) is 4.55. The van der Waals surface area contributed by atoms with Crippen molar-refractivity contribution in [3.8, 4) is 10.6 Å². The molecule has 1 atom stereocenters. The topological polar surface area (TPSA) is 73.7 Å². The van der Waals surface area contributed by atoms with Crippen LogP contribution in [0.2, 0.25) is 0 Å². The third kappa shape index (κ3) is 2.77. The first-order valence-corrected chi connectivity index (χ1v) is 7.62. The Kier molecular flexibility index (Phi) is 3.65. The zero-order valence-corrected chi connectivity index (χ0v) is 12.4. The van der Waals surface area contributed by atoms with Crippen LogP contribution in [0.25, 0.3) is 10.6 Å². The molecule has 1 unspecified atom stereocenters. The number of thiazole rings is 1. The molecule has 0 amide bonds. The summed E-state index contributed by atoms with van der Waals surface area (Å²) in [6.07, 6.45) is 2.85. The van der Waals surface area contributed by atoms with Gasteiger partial charge in [-0.1, -0.05) is 0 Å². The highest BCUT2D eigenvalue weighted by atomic mass is 32.1. The minimum absolute atomic E-state index is 0.217. The molecule has 2 aromatic rings. The predicted octanol–water partition coefficient (Wildman–Crippen LogP) is 2.74. The lowest BCUT2D eigenvalue weighted by Crippen LogP contribution is -2.28. The standard InChI is InChI=1S/C15H16N2O3S/c1-9-8-16-14(21-9)10-5-11(15(19)20)7-12(6-10)17-4-2-3-13(17)18/h5-8,13,18H,2-4H2,1H3,(H,19,20). The Morgan fingerprint density at radius 3 is 2.81 bits per heavy atom. The number of aryl methyl sites for hydroxylation is 1. The van der Waals surface area contributed by atoms with Crippen molar-refractivity contribution < 1.29 is 15.0 Å². The molecule has 0 saturated carbocycles. The van der Waals surface area contributed by atoms with Gasteiger partial charge in [-0.25, -0.2) is 9.78 Å². The second kappa shape index (κ2) is 5.46. The largest absolute Gasteiger partial charge is 0.478 e. The number of aromatic nitrogens is 1. The zero-order valence-electron chi connectivity index (χ0n) is 11.6. The van der Waals surface area contributed by atoms with Gasteiger partial charge < -0.3 is 15.1 Å². The molecule has 1 aliphatic rings. The monoisotopic (exact) mass is 304 g/mol. The van der Waals surface area contributed by atoms with E-state index in [-0.39, 0.29) is 5.56 Å². The number of carbonyl (C=O) groups is 1. The molecule has 0 aliphatic carbocycles. The van der Waals surface area contributed by atoms with E-state index >= 15 is 0 Å². The molecule has 2 N–H and O–H groups in total. The van der Waals surface area contributed by atoms with Crippen molar-refractivity contribution in [3.05, 3.63) is 34.8 Å². The van der Waals surface area contributed by atoms with E-state index in [1.165, 1.54) is 11.3 Å². The Bertz CT molecular complexity index is 683. The van der Waals surface area contributed by atoms with Gasteiger partial charge in [0.2, 0.25) is 0 Å². The molecule has 110 valence electrons. The minimum Gasteiger partial charge on any atom is -0.478 e. The van der Waals surface area contributed by atoms with E-state index < -0.39 is 12.2 Å². The molecule has 2 heterocycles. The summed E-state index contributed by atoms with van der Waals surface area (Å²) in [5, 5.41) is 20.1. The van der Waals surface area contributed by atoms with Gasteiger partial charge in [-0.15, -0.1) is 11.3 Å². The van der Waals surface area contributed by atoms with Gasteiger partial charge in [-0.2, -0.15) is 0 Å². The summed E-state index contributed by atoms with van der Waals surface area (Å²) < 4.78 is 0. The first kappa shape index (κ1) is 14.0. The number of hydrogen-bond acceptors (Lipinski definition) is 5. The van der Waals surface area contributed by atoms with Crippen molar-refractivity contribution in [2.45, 2.75) is 26.0 Å². The summed E-state index contributed by atoms with van der Waals surface area (Å²) in [5.74, 6) is -0.972. The first-order valence-electron chi connectivity index (χ1n) is 6.80. The number of carboxylic acid groups (broad SMARTS) is 1. The van der Waals surface area contributed by atoms with Crippen molar-refractivity contribution in [1.82, 2.24) is 4.98 Å². The highest BCUT2D eigenvalue weighted by Crippen LogP contribution is 2.32. The van der Waals surface area contributed by atoms with Crippen molar-refractivity contribution in [3.63, 3.8) is 0 Å². The fourth-order valence-corrected chi connectivity index (χ4v) is 3.31. The molecule has 0 bridgehead atoms. The fourth-order valence-electron chi connectivity index (χ4n) is 2.56. The normalized spacial score (nSPS) is 18.2. The van der Waals surface area contributed by atoms with E-state index in [4.69, 9.17) is 0 Å². The Hall–Kier alpha value is -1.92. The van der Waals surface area contributed by atoms with Gasteiger partial charge >= 0.3 is 5.97 Å². The molecular formula is C15H16N2O3S. The van der Waals surface area contributed by atoms with Gasteiger partial charge in [0.15, 0.2) is 0 Å². The number of aliphatic hydroxyl groups is 1. The predicted molar refractivity (Wildman–Crippen MR) is 81.8 cm³/mol. The van der Waals surface area contributed by atoms with Crippen molar-refractivity contribution in [1.29, 1.82) is 0 Å². The zero-order chi connectivity index (χ0) is 15.0. The number of nitrogens with zero attached hydrogens (tertiary/aromatic N) is 2. The summed E-state index contributed by atoms with van der Waals surface area (Å²) >= 11 is 1.53. The van der Waals surface area contributed by atoms with Crippen LogP contribution in [0.4, 0.5) is 5.69 Å². The van der Waals surface area contributed by atoms with E-state index in [1.807, 2.05) is 17.9 Å². The average molecular weight is 304 g/mol. The number of rotatable bonds is 3. The van der Waals surface area contributed by atoms with Crippen LogP contribution in [0.1, 0.15) is 28.1 Å². The van der Waals surface area contributed by atoms with Crippen LogP contribution < -0.4 is 4.90 Å². The summed E-state index contributed by atoms with van der Waals surface area (Å²) in [5.41, 5.74) is 1.74. The van der Waals surface area contributed by atoms with Crippen molar-refractivity contribution >= 4 is 23.0 Å². The van der Waals surface area contributed by atoms with Crippen LogP contribution in [0.3, 0.4) is 0 Å². The molecule has 1 saturated heterocycles. The van der Waals surface area contributed by atoms with E-state index in [2.05, 4.69) is 4.98 Å². The second-order valence-corrected chi connectivity index (χ2v) is 6.40. The summed E-state index contributed by atoms with van der Waals surface area (Å²) in [7, 11) is 0. The number of aliphatic hydroxyl groups excluding tert-OH is 1. The van der Waals surface area contributed by atoms with Crippen LogP contribution in [0.15, 0.2) is 24.4 Å². The summed E-state index contributed by atoms with van der Waals surface area (Å²) in [4.78, 5) is 18.6. The molecule has 1 aromatic carbocycles. The summed E-state index contributed by atoms with van der Waals surface area (Å²) in [6, 6.07) is 5.15. The molecule has 6 heteroatoms. The van der Waals surface area contributed by atoms with E-state index in [0.29, 0.717) is 6.42 Å². The van der Waals surface area contributed by atoms with Crippen molar-refractivity contribution in [2.75, 3.05) is 11.4 Å². The Morgan fingerprint density at radius 1 is 1.43 bits per heavy atom. The number of hydrogen-bond donors (Lipinski definition) is 2. The van der Waals surface area contributed by atoms with Gasteiger partial charge in [-0.05, 0) is 38.0 Å². The maximum absolute atomic E-state index is 11.3. The van der Waals surface area contributed by atoms with Gasteiger partial charge in [0.05, 0.1) is 5.56 Å². The fraction of sp³-hybridized carbons (Fsp3) is 0.333. The molecule has 1 aliphatic heterocycles. The second-order valence-electron chi connectivity index (χ2n) is 5.17. The van der Waals surface area contributed by atoms with Crippen LogP contribution in [0, 0.1) is 6.92 Å². The SMILES string of the molecule is Cc1cnc(-c2cc(C(=O)O)cc(N3CCCC3O)c2)s1. The number of benzene rings is 1. The lowest BCUT2D eigenvalue weighted by molar-refractivity contribution is 0.0697. The van der Waals surface area contributed by atoms with Crippen LogP contribution in [-0.2, 0) is 0 Å². The first-order chi connectivity index (χ1) is 10.0. The van der Waals surface area contributed by atoms with Crippen LogP contribution >= 0.6 is 11.3 Å². The van der Waals surface area contributed by atoms with Gasteiger partial charge in [0, 0.05) is 28.9 Å². The summed E-state index contributed by atoms with van der Waals surface area (Å²) in [6.45, 7) is 2.70. The Morgan fingerprint density at radius 2 is 2.24 bits per heavy atom. The molecule has 1 aromatic heterocycles. The molecule has 0 radical (unpaired) electrons. The van der Waals surface area contributed by atoms with E-state index in [0.717, 1.165) is 34.1 Å². The molecular weight excluding hydrogens is 288 g/mol. The van der Waals surface area contributed by atoms with E-state index in [9.17, 15) is 15.0 Å². The lowest BCUT2D eigenvalue weighted by Gasteiger charge is -2.23. The molecule has 0 spiro atoms. The average Bonchev–Trinajstić information content (AvgIpc) is 3.07. The number of carboxylic acids is 1. The maximum atomic E-state index is 11.3. The highest BCUT2D eigenvalue weighted by molar-refractivity contribution is 7.14. The Balaban J connectivity index is 2.08. The Labute approximate surface area is 126 Å². The molecule has 5 nitrogen and oxygen atoms in total. The van der Waals surface area contributed by atoms with Crippen LogP contribution in [0.5, 0.6) is 0 Å². The maximum Gasteiger partial charge on any atom is 0.335 e. The smallest absolute Gasteiger partial charge is 0.335 e. The molecule has 3 rings (SSSR count). The molecule has 21 heavy (non-hydrogen) atoms. The quantitative estimate of drug-likeness (QED) is 0.912. The van der Waals surface area contributed by atoms with Crippen LogP contribution in [-0.4, -0.2) is 33.9 Å². The van der Waals surface area contributed by atoms with Gasteiger partial charge in [-0.3, -0.25) is 0 Å². The minimum atomic E-state index is -0.972. The van der Waals surface area contributed by atoms with Crippen molar-refractivity contribution in [2.24, 2.45) is 0 Å². The van der Waals surface area contributed by atoms with Gasteiger partial charge in [0.1, 0.15) is 11.2 Å². The number of anilines is 1.